The number of hydrazone groups is 1. The Kier molecular flexibility index (Phi) is 6.95. The molecule has 2 aliphatic carbocycles. The van der Waals surface area contributed by atoms with Crippen molar-refractivity contribution < 1.29 is 8.78 Å². The first kappa shape index (κ1) is 24.2. The van der Waals surface area contributed by atoms with E-state index in [0.29, 0.717) is 23.2 Å². The van der Waals surface area contributed by atoms with Gasteiger partial charge in [-0.3, -0.25) is 15.7 Å². The fraction of sp³-hybridized carbons (Fsp3) is 0.480. The van der Waals surface area contributed by atoms with Gasteiger partial charge >= 0.3 is 0 Å². The van der Waals surface area contributed by atoms with Gasteiger partial charge in [0.1, 0.15) is 12.0 Å². The van der Waals surface area contributed by atoms with Crippen LogP contribution in [0.5, 0.6) is 0 Å². The number of allylic oxidation sites excluding steroid dienone is 6. The summed E-state index contributed by atoms with van der Waals surface area (Å²) in [5, 5.41) is 18.8. The number of aliphatic imine (C=N–C) groups is 1. The molecule has 7 nitrogen and oxygen atoms in total. The van der Waals surface area contributed by atoms with Crippen molar-refractivity contribution >= 4 is 17.8 Å². The lowest BCUT2D eigenvalue weighted by molar-refractivity contribution is 0.302. The molecule has 2 heterocycles. The van der Waals surface area contributed by atoms with Gasteiger partial charge in [-0.15, -0.1) is 0 Å². The number of amidine groups is 1. The Labute approximate surface area is 199 Å². The summed E-state index contributed by atoms with van der Waals surface area (Å²) in [7, 11) is 3.34. The van der Waals surface area contributed by atoms with Gasteiger partial charge in [0.05, 0.1) is 11.8 Å². The zero-order chi connectivity index (χ0) is 24.6. The molecule has 2 aliphatic heterocycles. The third-order valence-corrected chi connectivity index (χ3v) is 6.61. The maximum atomic E-state index is 15.6. The standard InChI is InChI=1S/C25H33F2N7/c1-14-10-20(26)19(11-18(14)13-33(4)29)23(27)25(28)34-22(30-3)8-7-21(32-34)17-9-15(2)24(31-12-17)16-5-6-16/h7-16,22-24,28,30H,5-6,29H2,1-4H3. The monoisotopic (exact) mass is 469 g/mol. The number of alkyl halides is 1. The van der Waals surface area contributed by atoms with Crippen LogP contribution in [0, 0.1) is 23.2 Å². The molecule has 34 heavy (non-hydrogen) atoms. The summed E-state index contributed by atoms with van der Waals surface area (Å²) in [5.41, 5.74) is 1.89. The fourth-order valence-corrected chi connectivity index (χ4v) is 4.56. The molecule has 0 saturated heterocycles. The average Bonchev–Trinajstić information content (AvgIpc) is 3.64. The molecule has 0 aromatic rings. The molecular formula is C25H33F2N7. The Hall–Kier alpha value is -2.91. The summed E-state index contributed by atoms with van der Waals surface area (Å²) in [6.07, 6.45) is 11.9. The Morgan fingerprint density at radius 2 is 2.09 bits per heavy atom. The largest absolute Gasteiger partial charge is 0.321 e. The highest BCUT2D eigenvalue weighted by atomic mass is 19.1. The highest BCUT2D eigenvalue weighted by molar-refractivity contribution is 6.22. The van der Waals surface area contributed by atoms with Gasteiger partial charge in [0.2, 0.25) is 0 Å². The van der Waals surface area contributed by atoms with Crippen LogP contribution < -0.4 is 11.2 Å². The molecule has 4 rings (SSSR count). The highest BCUT2D eigenvalue weighted by Crippen LogP contribution is 2.39. The minimum Gasteiger partial charge on any atom is -0.321 e. The first-order valence-electron chi connectivity index (χ1n) is 11.7. The lowest BCUT2D eigenvalue weighted by Gasteiger charge is -2.33. The second-order valence-electron chi connectivity index (χ2n) is 9.46. The van der Waals surface area contributed by atoms with Crippen LogP contribution in [0.1, 0.15) is 26.7 Å². The number of hydrogen-bond acceptors (Lipinski definition) is 6. The van der Waals surface area contributed by atoms with E-state index in [1.54, 1.807) is 27.2 Å². The van der Waals surface area contributed by atoms with Crippen LogP contribution in [0.4, 0.5) is 8.78 Å². The smallest absolute Gasteiger partial charge is 0.186 e. The van der Waals surface area contributed by atoms with E-state index in [1.165, 1.54) is 35.0 Å². The zero-order valence-electron chi connectivity index (χ0n) is 20.0. The molecule has 9 heteroatoms. The number of halogens is 2. The summed E-state index contributed by atoms with van der Waals surface area (Å²) in [6.45, 7) is 3.95. The number of nitrogens with zero attached hydrogens (tertiary/aromatic N) is 4. The number of likely N-dealkylation sites (N-methyl/N-ethyl adjacent to an activating group) is 1. The summed E-state index contributed by atoms with van der Waals surface area (Å²) in [4.78, 5) is 4.74. The van der Waals surface area contributed by atoms with E-state index in [-0.39, 0.29) is 17.4 Å². The number of nitrogens with one attached hydrogen (secondary N) is 2. The predicted molar refractivity (Wildman–Crippen MR) is 133 cm³/mol. The summed E-state index contributed by atoms with van der Waals surface area (Å²) in [5.74, 6) is 5.24. The molecule has 4 N–H and O–H groups in total. The summed E-state index contributed by atoms with van der Waals surface area (Å²) in [6, 6.07) is 0.303. The molecule has 0 aromatic heterocycles. The van der Waals surface area contributed by atoms with Gasteiger partial charge in [-0.05, 0) is 61.6 Å². The van der Waals surface area contributed by atoms with Gasteiger partial charge in [-0.1, -0.05) is 19.9 Å². The van der Waals surface area contributed by atoms with Gasteiger partial charge < -0.3 is 5.01 Å². The van der Waals surface area contributed by atoms with E-state index < -0.39 is 24.0 Å². The molecule has 0 spiro atoms. The Balaban J connectivity index is 1.59. The summed E-state index contributed by atoms with van der Waals surface area (Å²) < 4.78 is 30.4. The Morgan fingerprint density at radius 3 is 2.71 bits per heavy atom. The third kappa shape index (κ3) is 4.95. The second kappa shape index (κ2) is 9.76. The Morgan fingerprint density at radius 1 is 1.35 bits per heavy atom. The fourth-order valence-electron chi connectivity index (χ4n) is 4.56. The van der Waals surface area contributed by atoms with Crippen LogP contribution in [0.2, 0.25) is 0 Å². The first-order chi connectivity index (χ1) is 16.2. The van der Waals surface area contributed by atoms with E-state index >= 15 is 4.39 Å². The van der Waals surface area contributed by atoms with E-state index in [0.717, 1.165) is 5.57 Å². The van der Waals surface area contributed by atoms with Crippen LogP contribution >= 0.6 is 0 Å². The normalized spacial score (nSPS) is 31.0. The third-order valence-electron chi connectivity index (χ3n) is 6.61. The van der Waals surface area contributed by atoms with Crippen molar-refractivity contribution in [2.24, 2.45) is 33.7 Å². The minimum absolute atomic E-state index is 0.211. The van der Waals surface area contributed by atoms with Crippen LogP contribution in [0.25, 0.3) is 0 Å². The minimum atomic E-state index is -2.00. The number of dihydropyridines is 1. The average molecular weight is 470 g/mol. The zero-order valence-corrected chi connectivity index (χ0v) is 20.0. The van der Waals surface area contributed by atoms with Crippen LogP contribution in [-0.4, -0.2) is 60.3 Å². The van der Waals surface area contributed by atoms with Gasteiger partial charge in [-0.2, -0.15) is 5.10 Å². The van der Waals surface area contributed by atoms with Gasteiger partial charge in [0.15, 0.2) is 12.0 Å². The lowest BCUT2D eigenvalue weighted by Crippen LogP contribution is -2.48. The topological polar surface area (TPSA) is 93.1 Å². The number of hydrogen-bond donors (Lipinski definition) is 3. The van der Waals surface area contributed by atoms with E-state index in [2.05, 4.69) is 23.4 Å². The van der Waals surface area contributed by atoms with Crippen LogP contribution in [0.3, 0.4) is 0 Å². The molecule has 0 radical (unpaired) electrons. The van der Waals surface area contributed by atoms with Crippen molar-refractivity contribution in [1.82, 2.24) is 15.3 Å². The predicted octanol–water partition coefficient (Wildman–Crippen LogP) is 3.62. The van der Waals surface area contributed by atoms with E-state index in [4.69, 9.17) is 16.2 Å². The lowest BCUT2D eigenvalue weighted by atomic mass is 9.90. The van der Waals surface area contributed by atoms with Crippen molar-refractivity contribution in [3.63, 3.8) is 0 Å². The van der Waals surface area contributed by atoms with Crippen LogP contribution in [-0.2, 0) is 0 Å². The maximum Gasteiger partial charge on any atom is 0.186 e. The molecule has 5 atom stereocenters. The molecule has 4 aliphatic rings. The van der Waals surface area contributed by atoms with Crippen molar-refractivity contribution in [3.8, 4) is 0 Å². The quantitative estimate of drug-likeness (QED) is 0.240. The van der Waals surface area contributed by atoms with Gasteiger partial charge in [-0.25, -0.2) is 19.6 Å². The number of nitrogens with two attached hydrogens (primary N) is 1. The highest BCUT2D eigenvalue weighted by Gasteiger charge is 2.36. The van der Waals surface area contributed by atoms with Crippen molar-refractivity contribution in [2.45, 2.75) is 45.1 Å². The maximum absolute atomic E-state index is 15.6. The molecule has 182 valence electrons. The molecule has 1 fully saturated rings. The van der Waals surface area contributed by atoms with E-state index in [1.807, 2.05) is 18.4 Å². The molecular weight excluding hydrogens is 436 g/mol. The molecule has 5 unspecified atom stereocenters. The number of rotatable bonds is 6. The van der Waals surface area contributed by atoms with Gasteiger partial charge in [0, 0.05) is 36.5 Å². The van der Waals surface area contributed by atoms with Crippen molar-refractivity contribution in [1.29, 1.82) is 5.41 Å². The molecule has 0 bridgehead atoms. The first-order valence-corrected chi connectivity index (χ1v) is 11.7. The second-order valence-corrected chi connectivity index (χ2v) is 9.46. The Bertz CT molecular complexity index is 1050. The van der Waals surface area contributed by atoms with E-state index in [9.17, 15) is 4.39 Å². The van der Waals surface area contributed by atoms with Crippen molar-refractivity contribution in [3.05, 3.63) is 59.1 Å². The molecule has 1 saturated carbocycles. The molecule has 0 aromatic carbocycles. The SMILES string of the molecule is CNC1C=CC(C2=CC(C)C(C3CC3)N=C2)=NN1C(=N)C(F)C1=CC(=CN(C)N)C(C)C=C1F. The van der Waals surface area contributed by atoms with Gasteiger partial charge in [0.25, 0.3) is 0 Å². The summed E-state index contributed by atoms with van der Waals surface area (Å²) >= 11 is 0. The molecule has 0 amide bonds. The number of hydrazine groups is 1. The van der Waals surface area contributed by atoms with Crippen LogP contribution in [0.15, 0.2) is 69.2 Å². The van der Waals surface area contributed by atoms with Crippen molar-refractivity contribution in [2.75, 3.05) is 14.1 Å².